The Morgan fingerprint density at radius 2 is 1.97 bits per heavy atom. The van der Waals surface area contributed by atoms with Crippen LogP contribution in [0.15, 0.2) is 42.7 Å². The van der Waals surface area contributed by atoms with Crippen LogP contribution >= 0.6 is 22.6 Å². The van der Waals surface area contributed by atoms with Crippen LogP contribution in [0.4, 0.5) is 5.82 Å². The maximum Gasteiger partial charge on any atom is 0.176 e. The highest BCUT2D eigenvalue weighted by molar-refractivity contribution is 14.1. The Morgan fingerprint density at radius 1 is 1.17 bits per heavy atom. The predicted molar refractivity (Wildman–Crippen MR) is 123 cm³/mol. The maximum atomic E-state index is 5.87. The zero-order valence-corrected chi connectivity index (χ0v) is 20.1. The van der Waals surface area contributed by atoms with Gasteiger partial charge in [-0.15, -0.1) is 5.10 Å². The van der Waals surface area contributed by atoms with Gasteiger partial charge in [0.1, 0.15) is 22.6 Å². The van der Waals surface area contributed by atoms with Crippen molar-refractivity contribution in [3.05, 3.63) is 57.8 Å². The standard InChI is InChI=1S/C19H26IN7OSi/c1-29(2,3)10-9-28-14-27-19(24-25-26-27)16(11-15-7-5-4-6-8-15)23-18-12-17(20)21-13-22-18/h4-8,12-13,16H,9-11,14H2,1-3H3,(H,21,22,23). The number of tetrazole rings is 1. The molecule has 10 heteroatoms. The molecule has 0 amide bonds. The quantitative estimate of drug-likeness (QED) is 0.187. The zero-order chi connectivity index (χ0) is 20.7. The number of benzene rings is 1. The largest absolute Gasteiger partial charge is 0.360 e. The number of hydrogen-bond donors (Lipinski definition) is 1. The molecule has 1 atom stereocenters. The summed E-state index contributed by atoms with van der Waals surface area (Å²) in [7, 11) is -1.14. The summed E-state index contributed by atoms with van der Waals surface area (Å²) in [6.07, 6.45) is 2.27. The summed E-state index contributed by atoms with van der Waals surface area (Å²) in [6.45, 7) is 8.06. The van der Waals surface area contributed by atoms with E-state index in [1.54, 1.807) is 11.0 Å². The van der Waals surface area contributed by atoms with Crippen LogP contribution < -0.4 is 5.32 Å². The first-order valence-electron chi connectivity index (χ1n) is 9.52. The van der Waals surface area contributed by atoms with E-state index in [9.17, 15) is 0 Å². The van der Waals surface area contributed by atoms with Crippen molar-refractivity contribution < 1.29 is 4.74 Å². The van der Waals surface area contributed by atoms with Gasteiger partial charge in [-0.2, -0.15) is 0 Å². The van der Waals surface area contributed by atoms with Crippen LogP contribution in [0, 0.1) is 3.70 Å². The fraction of sp³-hybridized carbons (Fsp3) is 0.421. The highest BCUT2D eigenvalue weighted by Crippen LogP contribution is 2.21. The number of ether oxygens (including phenoxy) is 1. The molecule has 2 heterocycles. The number of rotatable bonds is 10. The van der Waals surface area contributed by atoms with Crippen molar-refractivity contribution in [1.82, 2.24) is 30.2 Å². The second kappa shape index (κ2) is 10.2. The summed E-state index contributed by atoms with van der Waals surface area (Å²) in [6, 6.07) is 13.1. The molecule has 2 aromatic heterocycles. The van der Waals surface area contributed by atoms with Crippen molar-refractivity contribution in [3.63, 3.8) is 0 Å². The van der Waals surface area contributed by atoms with Gasteiger partial charge in [-0.3, -0.25) is 0 Å². The number of nitrogens with one attached hydrogen (secondary N) is 1. The average molecular weight is 523 g/mol. The fourth-order valence-electron chi connectivity index (χ4n) is 2.73. The predicted octanol–water partition coefficient (Wildman–Crippen LogP) is 3.78. The summed E-state index contributed by atoms with van der Waals surface area (Å²) in [4.78, 5) is 8.49. The number of anilines is 1. The molecule has 1 unspecified atom stereocenters. The molecule has 0 aliphatic carbocycles. The molecule has 29 heavy (non-hydrogen) atoms. The van der Waals surface area contributed by atoms with Crippen LogP contribution in [-0.4, -0.2) is 44.9 Å². The molecule has 0 fully saturated rings. The van der Waals surface area contributed by atoms with Crippen molar-refractivity contribution in [2.24, 2.45) is 0 Å². The van der Waals surface area contributed by atoms with E-state index < -0.39 is 8.07 Å². The van der Waals surface area contributed by atoms with E-state index in [0.29, 0.717) is 6.73 Å². The molecule has 0 spiro atoms. The Bertz CT molecular complexity index is 901. The van der Waals surface area contributed by atoms with E-state index in [2.05, 4.69) is 85.2 Å². The molecular formula is C19H26IN7OSi. The van der Waals surface area contributed by atoms with Gasteiger partial charge in [0.15, 0.2) is 5.82 Å². The maximum absolute atomic E-state index is 5.87. The minimum Gasteiger partial charge on any atom is -0.360 e. The number of hydrogen-bond acceptors (Lipinski definition) is 7. The fourth-order valence-corrected chi connectivity index (χ4v) is 3.91. The van der Waals surface area contributed by atoms with Gasteiger partial charge < -0.3 is 10.1 Å². The summed E-state index contributed by atoms with van der Waals surface area (Å²) in [5.41, 5.74) is 1.18. The van der Waals surface area contributed by atoms with Crippen molar-refractivity contribution in [3.8, 4) is 0 Å². The van der Waals surface area contributed by atoms with Gasteiger partial charge in [-0.1, -0.05) is 50.0 Å². The van der Waals surface area contributed by atoms with E-state index >= 15 is 0 Å². The summed E-state index contributed by atoms with van der Waals surface area (Å²) < 4.78 is 8.45. The van der Waals surface area contributed by atoms with E-state index in [-0.39, 0.29) is 6.04 Å². The molecule has 0 saturated carbocycles. The van der Waals surface area contributed by atoms with Crippen molar-refractivity contribution >= 4 is 36.5 Å². The Morgan fingerprint density at radius 3 is 2.69 bits per heavy atom. The van der Waals surface area contributed by atoms with Crippen molar-refractivity contribution in [2.45, 2.75) is 44.9 Å². The minimum absolute atomic E-state index is 0.154. The van der Waals surface area contributed by atoms with Gasteiger partial charge in [0, 0.05) is 20.7 Å². The van der Waals surface area contributed by atoms with E-state index in [0.717, 1.165) is 34.4 Å². The van der Waals surface area contributed by atoms with Crippen LogP contribution in [0.3, 0.4) is 0 Å². The lowest BCUT2D eigenvalue weighted by atomic mass is 10.1. The lowest BCUT2D eigenvalue weighted by Gasteiger charge is -2.19. The molecule has 0 aliphatic rings. The molecule has 8 nitrogen and oxygen atoms in total. The molecule has 3 aromatic rings. The number of nitrogens with zero attached hydrogens (tertiary/aromatic N) is 6. The van der Waals surface area contributed by atoms with E-state index in [1.165, 1.54) is 5.56 Å². The first-order valence-corrected chi connectivity index (χ1v) is 14.3. The smallest absolute Gasteiger partial charge is 0.176 e. The molecule has 0 radical (unpaired) electrons. The Kier molecular flexibility index (Phi) is 7.67. The normalized spacial score (nSPS) is 12.7. The minimum atomic E-state index is -1.14. The van der Waals surface area contributed by atoms with Crippen LogP contribution in [0.2, 0.25) is 25.7 Å². The molecule has 154 valence electrons. The number of halogens is 1. The molecule has 1 aromatic carbocycles. The Hall–Kier alpha value is -1.92. The van der Waals surface area contributed by atoms with Crippen LogP contribution in [-0.2, 0) is 17.9 Å². The van der Waals surface area contributed by atoms with Gasteiger partial charge in [-0.05, 0) is 51.0 Å². The second-order valence-corrected chi connectivity index (χ2v) is 14.7. The molecule has 3 rings (SSSR count). The first kappa shape index (κ1) is 21.8. The van der Waals surface area contributed by atoms with E-state index in [4.69, 9.17) is 4.74 Å². The third kappa shape index (κ3) is 7.12. The summed E-state index contributed by atoms with van der Waals surface area (Å²) in [5.74, 6) is 1.45. The van der Waals surface area contributed by atoms with Gasteiger partial charge in [-0.25, -0.2) is 14.6 Å². The summed E-state index contributed by atoms with van der Waals surface area (Å²) in [5, 5.41) is 15.8. The van der Waals surface area contributed by atoms with Gasteiger partial charge in [0.05, 0.1) is 6.04 Å². The summed E-state index contributed by atoms with van der Waals surface area (Å²) >= 11 is 2.17. The monoisotopic (exact) mass is 523 g/mol. The first-order chi connectivity index (χ1) is 13.9. The third-order valence-electron chi connectivity index (χ3n) is 4.32. The molecular weight excluding hydrogens is 497 g/mol. The number of aromatic nitrogens is 6. The average Bonchev–Trinajstić information content (AvgIpc) is 3.13. The Labute approximate surface area is 185 Å². The van der Waals surface area contributed by atoms with Crippen molar-refractivity contribution in [2.75, 3.05) is 11.9 Å². The topological polar surface area (TPSA) is 90.6 Å². The third-order valence-corrected chi connectivity index (χ3v) is 6.61. The molecule has 0 aliphatic heterocycles. The lowest BCUT2D eigenvalue weighted by Crippen LogP contribution is -2.23. The molecule has 0 saturated heterocycles. The van der Waals surface area contributed by atoms with Crippen LogP contribution in [0.25, 0.3) is 0 Å². The molecule has 0 bridgehead atoms. The SMILES string of the molecule is C[Si](C)(C)CCOCn1nnnc1C(Cc1ccccc1)Nc1cc(I)ncn1. The van der Waals surface area contributed by atoms with E-state index in [1.807, 2.05) is 24.3 Å². The van der Waals surface area contributed by atoms with Gasteiger partial charge >= 0.3 is 0 Å². The second-order valence-electron chi connectivity index (χ2n) is 8.00. The van der Waals surface area contributed by atoms with Crippen molar-refractivity contribution in [1.29, 1.82) is 0 Å². The lowest BCUT2D eigenvalue weighted by molar-refractivity contribution is 0.0744. The van der Waals surface area contributed by atoms with Gasteiger partial charge in [0.2, 0.25) is 0 Å². The Balaban J connectivity index is 1.76. The van der Waals surface area contributed by atoms with Crippen LogP contribution in [0.5, 0.6) is 0 Å². The highest BCUT2D eigenvalue weighted by Gasteiger charge is 2.21. The molecule has 1 N–H and O–H groups in total. The van der Waals surface area contributed by atoms with Crippen LogP contribution in [0.1, 0.15) is 17.4 Å². The zero-order valence-electron chi connectivity index (χ0n) is 16.9. The van der Waals surface area contributed by atoms with Gasteiger partial charge in [0.25, 0.3) is 0 Å². The highest BCUT2D eigenvalue weighted by atomic mass is 127.